The van der Waals surface area contributed by atoms with E-state index < -0.39 is 12.1 Å². The average Bonchev–Trinajstić information content (AvgIpc) is 2.67. The Morgan fingerprint density at radius 1 is 0.760 bits per heavy atom. The number of thiol groups is 1. The maximum absolute atomic E-state index is 12.9. The lowest BCUT2D eigenvalue weighted by molar-refractivity contribution is 0.0276. The van der Waals surface area contributed by atoms with Gasteiger partial charge >= 0.3 is 5.97 Å². The zero-order chi connectivity index (χ0) is 17.6. The minimum atomic E-state index is -1.01. The number of benzene rings is 3. The molecule has 0 saturated carbocycles. The van der Waals surface area contributed by atoms with E-state index in [2.05, 4.69) is 12.6 Å². The third-order valence-electron chi connectivity index (χ3n) is 3.75. The number of rotatable bonds is 5. The Balaban J connectivity index is 1.94. The number of ketones is 1. The minimum Gasteiger partial charge on any atom is -0.445 e. The van der Waals surface area contributed by atoms with E-state index in [0.717, 1.165) is 0 Å². The highest BCUT2D eigenvalue weighted by molar-refractivity contribution is 7.80. The molecule has 0 bridgehead atoms. The summed E-state index contributed by atoms with van der Waals surface area (Å²) in [6.07, 6.45) is -1.01. The first-order valence-corrected chi connectivity index (χ1v) is 8.24. The maximum Gasteiger partial charge on any atom is 0.340 e. The molecule has 3 rings (SSSR count). The molecule has 0 aliphatic rings. The van der Waals surface area contributed by atoms with E-state index in [-0.39, 0.29) is 5.78 Å². The highest BCUT2D eigenvalue weighted by Crippen LogP contribution is 2.25. The van der Waals surface area contributed by atoms with Crippen LogP contribution < -0.4 is 0 Å². The highest BCUT2D eigenvalue weighted by atomic mass is 32.1. The van der Waals surface area contributed by atoms with Gasteiger partial charge in [-0.05, 0) is 12.1 Å². The summed E-state index contributed by atoms with van der Waals surface area (Å²) in [6.45, 7) is 0. The first-order valence-electron chi connectivity index (χ1n) is 7.80. The standard InChI is InChI=1S/C21H16O3S/c22-19(15-9-3-1-4-10-15)20(16-11-5-2-6-12-16)24-21(23)17-13-7-8-14-18(17)25/h1-14,20,25H. The molecule has 0 heterocycles. The second-order valence-electron chi connectivity index (χ2n) is 5.44. The molecule has 3 aromatic rings. The molecular formula is C21H16O3S. The summed E-state index contributed by atoms with van der Waals surface area (Å²) in [6, 6.07) is 24.6. The Morgan fingerprint density at radius 2 is 1.32 bits per heavy atom. The van der Waals surface area contributed by atoms with Gasteiger partial charge in [-0.15, -0.1) is 12.6 Å². The lowest BCUT2D eigenvalue weighted by Crippen LogP contribution is -2.20. The number of hydrogen-bond acceptors (Lipinski definition) is 4. The predicted molar refractivity (Wildman–Crippen MR) is 99.1 cm³/mol. The second kappa shape index (κ2) is 7.81. The van der Waals surface area contributed by atoms with Crippen molar-refractivity contribution in [2.75, 3.05) is 0 Å². The van der Waals surface area contributed by atoms with Gasteiger partial charge in [-0.1, -0.05) is 72.8 Å². The van der Waals surface area contributed by atoms with Gasteiger partial charge in [-0.2, -0.15) is 0 Å². The van der Waals surface area contributed by atoms with Crippen LogP contribution in [0.1, 0.15) is 32.4 Å². The van der Waals surface area contributed by atoms with Crippen LogP contribution in [0.4, 0.5) is 0 Å². The van der Waals surface area contributed by atoms with Crippen LogP contribution in [-0.2, 0) is 4.74 Å². The third kappa shape index (κ3) is 3.98. The fraction of sp³-hybridized carbons (Fsp3) is 0.0476. The number of Topliss-reactive ketones (excluding diaryl/α,β-unsaturated/α-hetero) is 1. The number of ether oxygens (including phenoxy) is 1. The molecule has 3 nitrogen and oxygen atoms in total. The van der Waals surface area contributed by atoms with Crippen LogP contribution in [0.3, 0.4) is 0 Å². The summed E-state index contributed by atoms with van der Waals surface area (Å²) in [7, 11) is 0. The van der Waals surface area contributed by atoms with Crippen molar-refractivity contribution in [1.82, 2.24) is 0 Å². The van der Waals surface area contributed by atoms with E-state index in [1.54, 1.807) is 72.8 Å². The number of carbonyl (C=O) groups is 2. The van der Waals surface area contributed by atoms with Gasteiger partial charge in [0, 0.05) is 16.0 Å². The number of esters is 1. The fourth-order valence-corrected chi connectivity index (χ4v) is 2.72. The molecule has 4 heteroatoms. The summed E-state index contributed by atoms with van der Waals surface area (Å²) in [5.41, 5.74) is 1.44. The monoisotopic (exact) mass is 348 g/mol. The van der Waals surface area contributed by atoms with Gasteiger partial charge in [0.15, 0.2) is 6.10 Å². The number of hydrogen-bond donors (Lipinski definition) is 1. The Hall–Kier alpha value is -2.85. The zero-order valence-electron chi connectivity index (χ0n) is 13.3. The van der Waals surface area contributed by atoms with E-state index in [9.17, 15) is 9.59 Å². The van der Waals surface area contributed by atoms with Crippen molar-refractivity contribution in [1.29, 1.82) is 0 Å². The van der Waals surface area contributed by atoms with Gasteiger partial charge in [0.25, 0.3) is 0 Å². The van der Waals surface area contributed by atoms with Crippen molar-refractivity contribution < 1.29 is 14.3 Å². The van der Waals surface area contributed by atoms with Crippen LogP contribution in [0, 0.1) is 0 Å². The second-order valence-corrected chi connectivity index (χ2v) is 5.93. The highest BCUT2D eigenvalue weighted by Gasteiger charge is 2.27. The van der Waals surface area contributed by atoms with Crippen molar-refractivity contribution >= 4 is 24.4 Å². The van der Waals surface area contributed by atoms with Crippen LogP contribution >= 0.6 is 12.6 Å². The average molecular weight is 348 g/mol. The maximum atomic E-state index is 12.9. The van der Waals surface area contributed by atoms with Gasteiger partial charge in [0.2, 0.25) is 5.78 Å². The van der Waals surface area contributed by atoms with E-state index >= 15 is 0 Å². The fourth-order valence-electron chi connectivity index (χ4n) is 2.47. The zero-order valence-corrected chi connectivity index (χ0v) is 14.2. The molecule has 3 aromatic carbocycles. The molecule has 1 unspecified atom stereocenters. The molecule has 25 heavy (non-hydrogen) atoms. The normalized spacial score (nSPS) is 11.6. The van der Waals surface area contributed by atoms with Gasteiger partial charge in [-0.25, -0.2) is 4.79 Å². The molecule has 0 aliphatic carbocycles. The molecule has 0 fully saturated rings. The van der Waals surface area contributed by atoms with E-state index in [1.807, 2.05) is 12.1 Å². The minimum absolute atomic E-state index is 0.267. The van der Waals surface area contributed by atoms with Gasteiger partial charge in [-0.3, -0.25) is 4.79 Å². The van der Waals surface area contributed by atoms with E-state index in [4.69, 9.17) is 4.74 Å². The third-order valence-corrected chi connectivity index (χ3v) is 4.14. The lowest BCUT2D eigenvalue weighted by Gasteiger charge is -2.18. The van der Waals surface area contributed by atoms with Crippen LogP contribution in [0.25, 0.3) is 0 Å². The van der Waals surface area contributed by atoms with Crippen molar-refractivity contribution in [3.8, 4) is 0 Å². The van der Waals surface area contributed by atoms with Crippen LogP contribution in [0.2, 0.25) is 0 Å². The molecule has 0 aliphatic heterocycles. The van der Waals surface area contributed by atoms with Gasteiger partial charge in [0.05, 0.1) is 5.56 Å². The molecule has 0 spiro atoms. The van der Waals surface area contributed by atoms with Gasteiger partial charge in [0.1, 0.15) is 0 Å². The summed E-state index contributed by atoms with van der Waals surface area (Å²) in [4.78, 5) is 26.0. The van der Waals surface area contributed by atoms with Crippen molar-refractivity contribution in [3.63, 3.8) is 0 Å². The van der Waals surface area contributed by atoms with E-state index in [0.29, 0.717) is 21.6 Å². The Bertz CT molecular complexity index is 876. The Kier molecular flexibility index (Phi) is 5.31. The summed E-state index contributed by atoms with van der Waals surface area (Å²) in [5, 5.41) is 0. The van der Waals surface area contributed by atoms with Crippen molar-refractivity contribution in [2.24, 2.45) is 0 Å². The topological polar surface area (TPSA) is 43.4 Å². The molecule has 0 radical (unpaired) electrons. The summed E-state index contributed by atoms with van der Waals surface area (Å²) >= 11 is 4.28. The van der Waals surface area contributed by atoms with E-state index in [1.165, 1.54) is 0 Å². The first kappa shape index (κ1) is 17.0. The van der Waals surface area contributed by atoms with Crippen LogP contribution in [0.5, 0.6) is 0 Å². The SMILES string of the molecule is O=C(OC(C(=O)c1ccccc1)c1ccccc1)c1ccccc1S. The first-order chi connectivity index (χ1) is 12.2. The van der Waals surface area contributed by atoms with Gasteiger partial charge < -0.3 is 4.74 Å². The summed E-state index contributed by atoms with van der Waals surface area (Å²) < 4.78 is 5.58. The van der Waals surface area contributed by atoms with Crippen molar-refractivity contribution in [2.45, 2.75) is 11.0 Å². The molecule has 1 atom stereocenters. The predicted octanol–water partition coefficient (Wildman–Crippen LogP) is 4.76. The van der Waals surface area contributed by atoms with Crippen molar-refractivity contribution in [3.05, 3.63) is 102 Å². The largest absolute Gasteiger partial charge is 0.445 e. The molecular weight excluding hydrogens is 332 g/mol. The lowest BCUT2D eigenvalue weighted by atomic mass is 10.00. The molecule has 0 aromatic heterocycles. The van der Waals surface area contributed by atoms with Crippen LogP contribution in [-0.4, -0.2) is 11.8 Å². The summed E-state index contributed by atoms with van der Waals surface area (Å²) in [5.74, 6) is -0.847. The molecule has 0 saturated heterocycles. The Labute approximate surface area is 151 Å². The van der Waals surface area contributed by atoms with Crippen LogP contribution in [0.15, 0.2) is 89.8 Å². The molecule has 0 amide bonds. The smallest absolute Gasteiger partial charge is 0.340 e. The Morgan fingerprint density at radius 3 is 1.96 bits per heavy atom. The molecule has 124 valence electrons. The number of carbonyl (C=O) groups excluding carboxylic acids is 2. The quantitative estimate of drug-likeness (QED) is 0.411. The molecule has 0 N–H and O–H groups in total.